The molecule has 0 fully saturated rings. The number of ketones is 1. The second-order valence-electron chi connectivity index (χ2n) is 4.63. The molecule has 0 aliphatic rings. The highest BCUT2D eigenvalue weighted by Gasteiger charge is 2.00. The normalized spacial score (nSPS) is 11.0. The number of hydrogen-bond donors (Lipinski definition) is 1. The maximum Gasteiger partial charge on any atom is 0.201 e. The minimum Gasteiger partial charge on any atom is -0.359 e. The number of carbonyl (C=O) groups excluding carboxylic acids is 1. The van der Waals surface area contributed by atoms with Gasteiger partial charge in [0.25, 0.3) is 0 Å². The maximum absolute atomic E-state index is 11.8. The van der Waals surface area contributed by atoms with Crippen LogP contribution in [0.3, 0.4) is 0 Å². The number of aromatic amines is 1. The zero-order chi connectivity index (χ0) is 13.5. The van der Waals surface area contributed by atoms with Crippen LogP contribution in [0, 0.1) is 0 Å². The van der Waals surface area contributed by atoms with Crippen LogP contribution in [0.5, 0.6) is 0 Å². The molecule has 0 aliphatic carbocycles. The van der Waals surface area contributed by atoms with E-state index < -0.39 is 0 Å². The fraction of sp³-hybridized carbons (Fsp3) is 0.235. The van der Waals surface area contributed by atoms with Gasteiger partial charge in [-0.05, 0) is 42.2 Å². The highest BCUT2D eigenvalue weighted by molar-refractivity contribution is 6.05. The van der Waals surface area contributed by atoms with Crippen LogP contribution >= 0.6 is 0 Å². The van der Waals surface area contributed by atoms with Crippen molar-refractivity contribution >= 4 is 11.9 Å². The molecule has 1 heterocycles. The minimum atomic E-state index is 0.0000551. The van der Waals surface area contributed by atoms with E-state index >= 15 is 0 Å². The fourth-order valence-electron chi connectivity index (χ4n) is 1.92. The summed E-state index contributed by atoms with van der Waals surface area (Å²) in [5.74, 6) is 0.0000551. The van der Waals surface area contributed by atoms with Crippen LogP contribution in [0.15, 0.2) is 48.7 Å². The molecule has 0 unspecified atom stereocenters. The Labute approximate surface area is 114 Å². The van der Waals surface area contributed by atoms with Gasteiger partial charge in [-0.15, -0.1) is 0 Å². The monoisotopic (exact) mass is 253 g/mol. The minimum absolute atomic E-state index is 0.0000551. The van der Waals surface area contributed by atoms with Crippen LogP contribution in [0.4, 0.5) is 0 Å². The third-order valence-electron chi connectivity index (χ3n) is 3.09. The number of carbonyl (C=O) groups is 1. The predicted molar refractivity (Wildman–Crippen MR) is 79.2 cm³/mol. The van der Waals surface area contributed by atoms with E-state index in [1.54, 1.807) is 18.3 Å². The molecule has 2 heteroatoms. The summed E-state index contributed by atoms with van der Waals surface area (Å²) < 4.78 is 0. The number of allylic oxidation sites excluding steroid dienone is 1. The summed E-state index contributed by atoms with van der Waals surface area (Å²) in [6.45, 7) is 2.20. The van der Waals surface area contributed by atoms with Gasteiger partial charge in [-0.2, -0.15) is 0 Å². The van der Waals surface area contributed by atoms with Crippen molar-refractivity contribution in [1.82, 2.24) is 4.98 Å². The molecule has 0 bridgehead atoms. The van der Waals surface area contributed by atoms with Crippen molar-refractivity contribution in [2.75, 3.05) is 0 Å². The van der Waals surface area contributed by atoms with Crippen molar-refractivity contribution in [2.24, 2.45) is 0 Å². The lowest BCUT2D eigenvalue weighted by Gasteiger charge is -2.00. The van der Waals surface area contributed by atoms with E-state index in [-0.39, 0.29) is 5.78 Å². The molecule has 0 radical (unpaired) electrons. The second kappa shape index (κ2) is 6.74. The first-order valence-electron chi connectivity index (χ1n) is 6.74. The molecule has 0 atom stereocenters. The average molecular weight is 253 g/mol. The Kier molecular flexibility index (Phi) is 4.73. The molecule has 0 aliphatic heterocycles. The largest absolute Gasteiger partial charge is 0.359 e. The van der Waals surface area contributed by atoms with Crippen molar-refractivity contribution < 1.29 is 4.79 Å². The predicted octanol–water partition coefficient (Wildman–Crippen LogP) is 4.25. The quantitative estimate of drug-likeness (QED) is 0.605. The third-order valence-corrected chi connectivity index (χ3v) is 3.09. The molecule has 0 saturated carbocycles. The number of aromatic nitrogens is 1. The molecule has 2 nitrogen and oxygen atoms in total. The molecular formula is C17H19NO. The first kappa shape index (κ1) is 13.3. The van der Waals surface area contributed by atoms with E-state index in [4.69, 9.17) is 0 Å². The Morgan fingerprint density at radius 1 is 1.21 bits per heavy atom. The van der Waals surface area contributed by atoms with Crippen molar-refractivity contribution in [3.05, 3.63) is 65.5 Å². The molecule has 98 valence electrons. The smallest absolute Gasteiger partial charge is 0.201 e. The van der Waals surface area contributed by atoms with Gasteiger partial charge in [-0.25, -0.2) is 0 Å². The fourth-order valence-corrected chi connectivity index (χ4v) is 1.92. The highest BCUT2D eigenvalue weighted by atomic mass is 16.1. The molecular weight excluding hydrogens is 234 g/mol. The van der Waals surface area contributed by atoms with Gasteiger partial charge in [-0.1, -0.05) is 43.7 Å². The van der Waals surface area contributed by atoms with Crippen LogP contribution in [-0.2, 0) is 6.42 Å². The topological polar surface area (TPSA) is 32.9 Å². The molecule has 1 aromatic carbocycles. The van der Waals surface area contributed by atoms with Crippen molar-refractivity contribution in [3.63, 3.8) is 0 Å². The third kappa shape index (κ3) is 3.95. The average Bonchev–Trinajstić information content (AvgIpc) is 2.98. The summed E-state index contributed by atoms with van der Waals surface area (Å²) >= 11 is 0. The van der Waals surface area contributed by atoms with Gasteiger partial charge < -0.3 is 4.98 Å². The lowest BCUT2D eigenvalue weighted by Crippen LogP contribution is -1.93. The molecule has 1 N–H and O–H groups in total. The zero-order valence-electron chi connectivity index (χ0n) is 11.2. The van der Waals surface area contributed by atoms with Crippen molar-refractivity contribution in [3.8, 4) is 0 Å². The van der Waals surface area contributed by atoms with Gasteiger partial charge in [0.15, 0.2) is 0 Å². The molecule has 0 spiro atoms. The summed E-state index contributed by atoms with van der Waals surface area (Å²) in [4.78, 5) is 14.7. The van der Waals surface area contributed by atoms with Gasteiger partial charge in [0, 0.05) is 6.20 Å². The highest BCUT2D eigenvalue weighted by Crippen LogP contribution is 2.10. The number of nitrogens with one attached hydrogen (secondary N) is 1. The Balaban J connectivity index is 1.97. The van der Waals surface area contributed by atoms with Crippen molar-refractivity contribution in [2.45, 2.75) is 26.2 Å². The van der Waals surface area contributed by atoms with Gasteiger partial charge in [0.2, 0.25) is 5.78 Å². The Morgan fingerprint density at radius 2 is 2.00 bits per heavy atom. The van der Waals surface area contributed by atoms with E-state index in [0.29, 0.717) is 5.69 Å². The van der Waals surface area contributed by atoms with Gasteiger partial charge in [0.05, 0.1) is 5.69 Å². The molecule has 2 rings (SSSR count). The van der Waals surface area contributed by atoms with Gasteiger partial charge >= 0.3 is 0 Å². The van der Waals surface area contributed by atoms with Gasteiger partial charge in [0.1, 0.15) is 0 Å². The number of benzene rings is 1. The molecule has 1 aromatic heterocycles. The first-order chi connectivity index (χ1) is 9.29. The lowest BCUT2D eigenvalue weighted by molar-refractivity contribution is 0.104. The summed E-state index contributed by atoms with van der Waals surface area (Å²) in [5, 5.41) is 0. The first-order valence-corrected chi connectivity index (χ1v) is 6.74. The Hall–Kier alpha value is -2.09. The van der Waals surface area contributed by atoms with Crippen LogP contribution in [0.2, 0.25) is 0 Å². The summed E-state index contributed by atoms with van der Waals surface area (Å²) in [6, 6.07) is 12.0. The van der Waals surface area contributed by atoms with Crippen LogP contribution in [0.1, 0.15) is 41.4 Å². The van der Waals surface area contributed by atoms with E-state index in [0.717, 1.165) is 12.0 Å². The molecule has 2 aromatic rings. The van der Waals surface area contributed by atoms with E-state index in [2.05, 4.69) is 36.2 Å². The van der Waals surface area contributed by atoms with Gasteiger partial charge in [-0.3, -0.25) is 4.79 Å². The summed E-state index contributed by atoms with van der Waals surface area (Å²) in [5.41, 5.74) is 3.03. The van der Waals surface area contributed by atoms with E-state index in [1.807, 2.05) is 12.1 Å². The van der Waals surface area contributed by atoms with E-state index in [9.17, 15) is 4.79 Å². The number of H-pyrrole nitrogens is 1. The number of hydrogen-bond acceptors (Lipinski definition) is 1. The zero-order valence-corrected chi connectivity index (χ0v) is 11.2. The van der Waals surface area contributed by atoms with E-state index in [1.165, 1.54) is 18.4 Å². The lowest BCUT2D eigenvalue weighted by atomic mass is 10.1. The number of unbranched alkanes of at least 4 members (excludes halogenated alkanes) is 1. The Bertz CT molecular complexity index is 535. The second-order valence-corrected chi connectivity index (χ2v) is 4.63. The molecule has 0 saturated heterocycles. The number of rotatable bonds is 6. The van der Waals surface area contributed by atoms with Crippen LogP contribution < -0.4 is 0 Å². The number of aryl methyl sites for hydroxylation is 1. The van der Waals surface area contributed by atoms with Crippen LogP contribution in [0.25, 0.3) is 6.08 Å². The maximum atomic E-state index is 11.8. The van der Waals surface area contributed by atoms with Crippen molar-refractivity contribution in [1.29, 1.82) is 0 Å². The summed E-state index contributed by atoms with van der Waals surface area (Å²) in [7, 11) is 0. The Morgan fingerprint density at radius 3 is 2.63 bits per heavy atom. The van der Waals surface area contributed by atoms with Crippen LogP contribution in [-0.4, -0.2) is 10.8 Å². The SMILES string of the molecule is CCCCc1ccc(/C=C/C(=O)c2ccc[nH]2)cc1. The molecule has 0 amide bonds. The molecule has 19 heavy (non-hydrogen) atoms. The summed E-state index contributed by atoms with van der Waals surface area (Å²) in [6.07, 6.45) is 8.78. The standard InChI is InChI=1S/C17H19NO/c1-2-3-5-14-7-9-15(10-8-14)11-12-17(19)16-6-4-13-18-16/h4,6-13,18H,2-3,5H2,1H3/b12-11+.